The van der Waals surface area contributed by atoms with E-state index >= 15 is 0 Å². The molecule has 0 radical (unpaired) electrons. The van der Waals surface area contributed by atoms with Crippen LogP contribution in [-0.4, -0.2) is 18.9 Å². The van der Waals surface area contributed by atoms with E-state index in [9.17, 15) is 9.59 Å². The van der Waals surface area contributed by atoms with Crippen LogP contribution in [0.15, 0.2) is 30.3 Å². The summed E-state index contributed by atoms with van der Waals surface area (Å²) in [6.45, 7) is 2.13. The van der Waals surface area contributed by atoms with Crippen molar-refractivity contribution in [3.63, 3.8) is 0 Å². The molecular formula is C14H18O3. The van der Waals surface area contributed by atoms with Crippen molar-refractivity contribution >= 4 is 12.3 Å². The van der Waals surface area contributed by atoms with Crippen LogP contribution in [0.3, 0.4) is 0 Å². The lowest BCUT2D eigenvalue weighted by Crippen LogP contribution is -2.19. The lowest BCUT2D eigenvalue weighted by atomic mass is 9.97. The summed E-state index contributed by atoms with van der Waals surface area (Å²) in [6.07, 6.45) is 2.47. The number of aryl methyl sites for hydroxylation is 1. The average Bonchev–Trinajstić information content (AvgIpc) is 2.36. The Kier molecular flexibility index (Phi) is 6.00. The predicted molar refractivity (Wildman–Crippen MR) is 65.6 cm³/mol. The van der Waals surface area contributed by atoms with E-state index in [0.29, 0.717) is 13.0 Å². The zero-order valence-corrected chi connectivity index (χ0v) is 10.1. The molecule has 0 aromatic heterocycles. The lowest BCUT2D eigenvalue weighted by molar-refractivity contribution is -0.149. The molecule has 0 saturated heterocycles. The molecule has 0 spiro atoms. The van der Waals surface area contributed by atoms with E-state index in [2.05, 4.69) is 0 Å². The normalized spacial score (nSPS) is 11.8. The number of esters is 1. The number of ether oxygens (including phenoxy) is 1. The third-order valence-corrected chi connectivity index (χ3v) is 2.62. The second kappa shape index (κ2) is 7.60. The molecule has 17 heavy (non-hydrogen) atoms. The minimum atomic E-state index is -0.312. The van der Waals surface area contributed by atoms with Gasteiger partial charge in [0.2, 0.25) is 0 Å². The van der Waals surface area contributed by atoms with Gasteiger partial charge in [-0.2, -0.15) is 0 Å². The molecule has 3 heteroatoms. The van der Waals surface area contributed by atoms with Gasteiger partial charge in [0.05, 0.1) is 12.5 Å². The van der Waals surface area contributed by atoms with Gasteiger partial charge in [0, 0.05) is 6.42 Å². The van der Waals surface area contributed by atoms with Crippen LogP contribution >= 0.6 is 0 Å². The van der Waals surface area contributed by atoms with E-state index < -0.39 is 0 Å². The second-order valence-corrected chi connectivity index (χ2v) is 3.88. The Labute approximate surface area is 102 Å². The SMILES string of the molecule is CCOC(=O)C(CC=O)CCc1ccccc1. The summed E-state index contributed by atoms with van der Waals surface area (Å²) >= 11 is 0. The Morgan fingerprint density at radius 3 is 2.65 bits per heavy atom. The van der Waals surface area contributed by atoms with Crippen molar-refractivity contribution in [2.45, 2.75) is 26.2 Å². The maximum Gasteiger partial charge on any atom is 0.309 e. The molecule has 0 heterocycles. The van der Waals surface area contributed by atoms with Gasteiger partial charge < -0.3 is 9.53 Å². The van der Waals surface area contributed by atoms with Crippen molar-refractivity contribution in [3.8, 4) is 0 Å². The number of benzene rings is 1. The molecule has 0 fully saturated rings. The highest BCUT2D eigenvalue weighted by Gasteiger charge is 2.18. The van der Waals surface area contributed by atoms with Crippen LogP contribution in [0.4, 0.5) is 0 Å². The van der Waals surface area contributed by atoms with Gasteiger partial charge in [0.15, 0.2) is 0 Å². The number of aldehydes is 1. The number of hydrogen-bond acceptors (Lipinski definition) is 3. The summed E-state index contributed by atoms with van der Waals surface area (Å²) in [6, 6.07) is 9.92. The van der Waals surface area contributed by atoms with Crippen molar-refractivity contribution in [1.29, 1.82) is 0 Å². The van der Waals surface area contributed by atoms with Gasteiger partial charge in [-0.1, -0.05) is 30.3 Å². The monoisotopic (exact) mass is 234 g/mol. The summed E-state index contributed by atoms with van der Waals surface area (Å²) in [4.78, 5) is 22.1. The molecule has 3 nitrogen and oxygen atoms in total. The highest BCUT2D eigenvalue weighted by Crippen LogP contribution is 2.14. The fraction of sp³-hybridized carbons (Fsp3) is 0.429. The first-order valence-electron chi connectivity index (χ1n) is 5.92. The molecule has 0 N–H and O–H groups in total. The van der Waals surface area contributed by atoms with Crippen LogP contribution < -0.4 is 0 Å². The van der Waals surface area contributed by atoms with E-state index in [0.717, 1.165) is 12.7 Å². The second-order valence-electron chi connectivity index (χ2n) is 3.88. The fourth-order valence-corrected chi connectivity index (χ4v) is 1.69. The van der Waals surface area contributed by atoms with Crippen molar-refractivity contribution in [3.05, 3.63) is 35.9 Å². The number of rotatable bonds is 7. The first kappa shape index (κ1) is 13.4. The van der Waals surface area contributed by atoms with Crippen LogP contribution in [-0.2, 0) is 20.7 Å². The van der Waals surface area contributed by atoms with Crippen LogP contribution in [0, 0.1) is 5.92 Å². The molecule has 0 aliphatic heterocycles. The quantitative estimate of drug-likeness (QED) is 0.537. The molecule has 1 aromatic rings. The third-order valence-electron chi connectivity index (χ3n) is 2.62. The minimum Gasteiger partial charge on any atom is -0.466 e. The Bertz CT molecular complexity index is 346. The van der Waals surface area contributed by atoms with E-state index in [1.54, 1.807) is 6.92 Å². The van der Waals surface area contributed by atoms with E-state index in [1.165, 1.54) is 5.56 Å². The lowest BCUT2D eigenvalue weighted by Gasteiger charge is -2.12. The Morgan fingerprint density at radius 1 is 1.35 bits per heavy atom. The topological polar surface area (TPSA) is 43.4 Å². The summed E-state index contributed by atoms with van der Waals surface area (Å²) < 4.78 is 4.95. The average molecular weight is 234 g/mol. The number of carbonyl (C=O) groups is 2. The first-order chi connectivity index (χ1) is 8.27. The summed E-state index contributed by atoms with van der Waals surface area (Å²) in [5.74, 6) is -0.580. The number of hydrogen-bond donors (Lipinski definition) is 0. The van der Waals surface area contributed by atoms with Crippen molar-refractivity contribution in [1.82, 2.24) is 0 Å². The van der Waals surface area contributed by atoms with Gasteiger partial charge in [-0.15, -0.1) is 0 Å². The van der Waals surface area contributed by atoms with E-state index in [-0.39, 0.29) is 18.3 Å². The van der Waals surface area contributed by atoms with Crippen LogP contribution in [0.25, 0.3) is 0 Å². The van der Waals surface area contributed by atoms with Gasteiger partial charge in [0.25, 0.3) is 0 Å². The smallest absolute Gasteiger partial charge is 0.309 e. The summed E-state index contributed by atoms with van der Waals surface area (Å²) in [5.41, 5.74) is 1.17. The Morgan fingerprint density at radius 2 is 2.06 bits per heavy atom. The molecule has 1 rings (SSSR count). The van der Waals surface area contributed by atoms with Gasteiger partial charge in [0.1, 0.15) is 6.29 Å². The maximum atomic E-state index is 11.6. The van der Waals surface area contributed by atoms with E-state index in [4.69, 9.17) is 4.74 Å². The highest BCUT2D eigenvalue weighted by molar-refractivity contribution is 5.75. The molecule has 92 valence electrons. The molecule has 0 bridgehead atoms. The van der Waals surface area contributed by atoms with Gasteiger partial charge in [-0.05, 0) is 25.3 Å². The van der Waals surface area contributed by atoms with Crippen LogP contribution in [0.2, 0.25) is 0 Å². The zero-order chi connectivity index (χ0) is 12.5. The molecule has 1 unspecified atom stereocenters. The third kappa shape index (κ3) is 4.81. The van der Waals surface area contributed by atoms with Gasteiger partial charge in [-0.25, -0.2) is 0 Å². The van der Waals surface area contributed by atoms with Gasteiger partial charge in [-0.3, -0.25) is 4.79 Å². The molecule has 1 atom stereocenters. The van der Waals surface area contributed by atoms with Crippen molar-refractivity contribution < 1.29 is 14.3 Å². The van der Waals surface area contributed by atoms with Crippen molar-refractivity contribution in [2.24, 2.45) is 5.92 Å². The van der Waals surface area contributed by atoms with Crippen LogP contribution in [0.1, 0.15) is 25.3 Å². The molecule has 0 saturated carbocycles. The standard InChI is InChI=1S/C14H18O3/c1-2-17-14(16)13(10-11-15)9-8-12-6-4-3-5-7-12/h3-7,11,13H,2,8-10H2,1H3. The summed E-state index contributed by atoms with van der Waals surface area (Å²) in [5, 5.41) is 0. The molecule has 0 aliphatic carbocycles. The van der Waals surface area contributed by atoms with Crippen LogP contribution in [0.5, 0.6) is 0 Å². The predicted octanol–water partition coefficient (Wildman–Crippen LogP) is 2.39. The Hall–Kier alpha value is -1.64. The fourth-order valence-electron chi connectivity index (χ4n) is 1.69. The Balaban J connectivity index is 2.49. The van der Waals surface area contributed by atoms with E-state index in [1.807, 2.05) is 30.3 Å². The zero-order valence-electron chi connectivity index (χ0n) is 10.1. The highest BCUT2D eigenvalue weighted by atomic mass is 16.5. The minimum absolute atomic E-state index is 0.242. The molecule has 0 amide bonds. The maximum absolute atomic E-state index is 11.6. The summed E-state index contributed by atoms with van der Waals surface area (Å²) in [7, 11) is 0. The molecule has 0 aliphatic rings. The van der Waals surface area contributed by atoms with Crippen molar-refractivity contribution in [2.75, 3.05) is 6.61 Å². The largest absolute Gasteiger partial charge is 0.466 e. The van der Waals surface area contributed by atoms with Gasteiger partial charge >= 0.3 is 5.97 Å². The molecular weight excluding hydrogens is 216 g/mol. The number of carbonyl (C=O) groups excluding carboxylic acids is 2. The first-order valence-corrected chi connectivity index (χ1v) is 5.92. The molecule has 1 aromatic carbocycles.